The monoisotopic (exact) mass is 591 g/mol. The van der Waals surface area contributed by atoms with Crippen molar-refractivity contribution in [1.82, 2.24) is 20.2 Å². The molecule has 4 aromatic rings. The van der Waals surface area contributed by atoms with Crippen LogP contribution in [0.15, 0.2) is 73.1 Å². The molecule has 1 amide bonds. The molecule has 1 aliphatic heterocycles. The van der Waals surface area contributed by atoms with E-state index in [1.54, 1.807) is 42.7 Å². The number of ether oxygens (including phenoxy) is 1. The molecule has 42 heavy (non-hydrogen) atoms. The molecule has 0 saturated heterocycles. The molecule has 0 bridgehead atoms. The summed E-state index contributed by atoms with van der Waals surface area (Å²) in [5.41, 5.74) is 3.27. The summed E-state index contributed by atoms with van der Waals surface area (Å²) >= 11 is 6.13. The smallest absolute Gasteiger partial charge is 0.255 e. The minimum atomic E-state index is -0.425. The number of hydrogen-bond donors (Lipinski definition) is 3. The first-order valence-corrected chi connectivity index (χ1v) is 13.9. The number of hydrogen-bond acceptors (Lipinski definition) is 8. The summed E-state index contributed by atoms with van der Waals surface area (Å²) < 4.78 is 20.5. The van der Waals surface area contributed by atoms with Crippen molar-refractivity contribution in [2.24, 2.45) is 0 Å². The van der Waals surface area contributed by atoms with Crippen LogP contribution in [0, 0.1) is 5.82 Å². The van der Waals surface area contributed by atoms with Crippen LogP contribution in [-0.2, 0) is 0 Å². The Labute approximate surface area is 248 Å². The molecule has 3 heterocycles. The summed E-state index contributed by atoms with van der Waals surface area (Å²) in [6.45, 7) is 1.67. The maximum Gasteiger partial charge on any atom is 0.255 e. The van der Waals surface area contributed by atoms with E-state index in [1.807, 2.05) is 24.1 Å². The molecule has 0 saturated carbocycles. The number of rotatable bonds is 10. The van der Waals surface area contributed by atoms with Gasteiger partial charge in [-0.1, -0.05) is 23.7 Å². The van der Waals surface area contributed by atoms with Gasteiger partial charge in [0.05, 0.1) is 48.0 Å². The van der Waals surface area contributed by atoms with Crippen LogP contribution in [0.2, 0.25) is 5.02 Å². The lowest BCUT2D eigenvalue weighted by atomic mass is 10.1. The van der Waals surface area contributed by atoms with Gasteiger partial charge < -0.3 is 25.2 Å². The zero-order valence-electron chi connectivity index (χ0n) is 23.0. The molecule has 0 fully saturated rings. The van der Waals surface area contributed by atoms with Crippen molar-refractivity contribution in [1.29, 1.82) is 0 Å². The lowest BCUT2D eigenvalue weighted by molar-refractivity contribution is 0.0943. The molecular formula is C31H31ClFN5O4. The maximum absolute atomic E-state index is 14.6. The van der Waals surface area contributed by atoms with Gasteiger partial charge in [-0.3, -0.25) is 19.7 Å². The first-order valence-electron chi connectivity index (χ1n) is 13.5. The molecule has 1 aliphatic rings. The number of amides is 1. The Hall–Kier alpha value is -4.25. The molecule has 1 atom stereocenters. The van der Waals surface area contributed by atoms with Crippen LogP contribution in [-0.4, -0.2) is 70.9 Å². The summed E-state index contributed by atoms with van der Waals surface area (Å²) in [5.74, 6) is -0.304. The van der Waals surface area contributed by atoms with Crippen LogP contribution in [0.3, 0.4) is 0 Å². The first kappa shape index (κ1) is 29.2. The third-order valence-corrected chi connectivity index (χ3v) is 7.40. The number of fused-ring (bicyclic) bond motifs is 1. The summed E-state index contributed by atoms with van der Waals surface area (Å²) in [5, 5.41) is 22.9. The second kappa shape index (κ2) is 13.2. The van der Waals surface area contributed by atoms with Crippen LogP contribution in [0.5, 0.6) is 11.5 Å². The average Bonchev–Trinajstić information content (AvgIpc) is 3.00. The third kappa shape index (κ3) is 6.46. The number of benzene rings is 2. The van der Waals surface area contributed by atoms with Crippen LogP contribution >= 0.6 is 11.6 Å². The predicted molar refractivity (Wildman–Crippen MR) is 159 cm³/mol. The van der Waals surface area contributed by atoms with Gasteiger partial charge >= 0.3 is 0 Å². The SMILES string of the molecule is CN(CCO)C(CCNC(=O)c1ccccc1O)c1cc(N2CCOc3cnc(-c4cc(Cl)ccc4F)cc32)ccn1. The van der Waals surface area contributed by atoms with Crippen LogP contribution in [0.4, 0.5) is 15.8 Å². The lowest BCUT2D eigenvalue weighted by Crippen LogP contribution is -2.33. The molecule has 2 aromatic heterocycles. The van der Waals surface area contributed by atoms with Crippen molar-refractivity contribution >= 4 is 28.9 Å². The van der Waals surface area contributed by atoms with E-state index >= 15 is 0 Å². The Morgan fingerprint density at radius 1 is 1.19 bits per heavy atom. The minimum Gasteiger partial charge on any atom is -0.507 e. The molecule has 1 unspecified atom stereocenters. The third-order valence-electron chi connectivity index (χ3n) is 7.17. The summed E-state index contributed by atoms with van der Waals surface area (Å²) in [4.78, 5) is 25.7. The molecular weight excluding hydrogens is 561 g/mol. The lowest BCUT2D eigenvalue weighted by Gasteiger charge is -2.32. The number of aliphatic hydroxyl groups excluding tert-OH is 1. The average molecular weight is 592 g/mol. The second-order valence-corrected chi connectivity index (χ2v) is 10.3. The number of phenolic OH excluding ortho intramolecular Hbond substituents is 1. The van der Waals surface area contributed by atoms with E-state index < -0.39 is 5.82 Å². The Kier molecular flexibility index (Phi) is 9.16. The van der Waals surface area contributed by atoms with Gasteiger partial charge in [-0.25, -0.2) is 4.39 Å². The van der Waals surface area contributed by atoms with Gasteiger partial charge in [0, 0.05) is 35.6 Å². The van der Waals surface area contributed by atoms with Gasteiger partial charge in [0.2, 0.25) is 0 Å². The van der Waals surface area contributed by atoms with E-state index in [9.17, 15) is 19.4 Å². The van der Waals surface area contributed by atoms with E-state index in [1.165, 1.54) is 18.2 Å². The van der Waals surface area contributed by atoms with E-state index in [0.29, 0.717) is 54.7 Å². The molecule has 218 valence electrons. The minimum absolute atomic E-state index is 0.0381. The number of pyridine rings is 2. The quantitative estimate of drug-likeness (QED) is 0.237. The predicted octanol–water partition coefficient (Wildman–Crippen LogP) is 4.96. The number of carbonyl (C=O) groups is 1. The Bertz CT molecular complexity index is 1570. The largest absolute Gasteiger partial charge is 0.507 e. The second-order valence-electron chi connectivity index (χ2n) is 9.88. The van der Waals surface area contributed by atoms with Crippen LogP contribution in [0.1, 0.15) is 28.5 Å². The van der Waals surface area contributed by atoms with E-state index in [2.05, 4.69) is 20.2 Å². The fraction of sp³-hybridized carbons (Fsp3) is 0.258. The molecule has 0 spiro atoms. The zero-order valence-corrected chi connectivity index (χ0v) is 23.8. The number of para-hydroxylation sites is 1. The number of anilines is 2. The highest BCUT2D eigenvalue weighted by atomic mass is 35.5. The summed E-state index contributed by atoms with van der Waals surface area (Å²) in [6.07, 6.45) is 3.82. The molecule has 3 N–H and O–H groups in total. The van der Waals surface area contributed by atoms with Crippen molar-refractivity contribution in [2.45, 2.75) is 12.5 Å². The van der Waals surface area contributed by atoms with Crippen molar-refractivity contribution in [3.05, 3.63) is 95.2 Å². The topological polar surface area (TPSA) is 111 Å². The Morgan fingerprint density at radius 3 is 2.83 bits per heavy atom. The van der Waals surface area contributed by atoms with Crippen LogP contribution in [0.25, 0.3) is 11.3 Å². The molecule has 11 heteroatoms. The number of aromatic hydroxyl groups is 1. The van der Waals surface area contributed by atoms with Crippen molar-refractivity contribution in [3.63, 3.8) is 0 Å². The normalized spacial score (nSPS) is 13.4. The van der Waals surface area contributed by atoms with Gasteiger partial charge in [0.25, 0.3) is 5.91 Å². The van der Waals surface area contributed by atoms with Crippen LogP contribution < -0.4 is 15.0 Å². The highest BCUT2D eigenvalue weighted by molar-refractivity contribution is 6.30. The van der Waals surface area contributed by atoms with Crippen molar-refractivity contribution in [2.75, 3.05) is 44.8 Å². The molecule has 0 radical (unpaired) electrons. The summed E-state index contributed by atoms with van der Waals surface area (Å²) in [7, 11) is 1.89. The zero-order chi connectivity index (χ0) is 29.6. The summed E-state index contributed by atoms with van der Waals surface area (Å²) in [6, 6.07) is 16.2. The number of aliphatic hydroxyl groups is 1. The maximum atomic E-state index is 14.6. The molecule has 2 aromatic carbocycles. The highest BCUT2D eigenvalue weighted by Gasteiger charge is 2.25. The van der Waals surface area contributed by atoms with E-state index in [0.717, 1.165) is 17.1 Å². The van der Waals surface area contributed by atoms with Crippen molar-refractivity contribution < 1.29 is 24.1 Å². The molecule has 5 rings (SSSR count). The first-order chi connectivity index (χ1) is 20.4. The van der Waals surface area contributed by atoms with E-state index in [-0.39, 0.29) is 29.9 Å². The number of nitrogens with one attached hydrogen (secondary N) is 1. The fourth-order valence-electron chi connectivity index (χ4n) is 5.01. The van der Waals surface area contributed by atoms with Gasteiger partial charge in [0.1, 0.15) is 18.2 Å². The number of carbonyl (C=O) groups excluding carboxylic acids is 1. The molecule has 9 nitrogen and oxygen atoms in total. The molecule has 0 aliphatic carbocycles. The van der Waals surface area contributed by atoms with Crippen molar-refractivity contribution in [3.8, 4) is 22.8 Å². The number of aromatic nitrogens is 2. The number of halogens is 2. The van der Waals surface area contributed by atoms with Gasteiger partial charge in [0.15, 0.2) is 5.75 Å². The highest BCUT2D eigenvalue weighted by Crippen LogP contribution is 2.39. The Morgan fingerprint density at radius 2 is 2.02 bits per heavy atom. The van der Waals surface area contributed by atoms with E-state index in [4.69, 9.17) is 16.3 Å². The number of likely N-dealkylation sites (N-methyl/N-ethyl adjacent to an activating group) is 1. The number of phenols is 1. The fourth-order valence-corrected chi connectivity index (χ4v) is 5.18. The van der Waals surface area contributed by atoms with Gasteiger partial charge in [-0.15, -0.1) is 0 Å². The number of nitrogens with zero attached hydrogens (tertiary/aromatic N) is 4. The van der Waals surface area contributed by atoms with Gasteiger partial charge in [-0.05, 0) is 62.0 Å². The Balaban J connectivity index is 1.40. The standard InChI is InChI=1S/C31H31ClFN5O4/c1-37(12-14-39)27(9-11-35-31(41)22-4-2-3-5-29(22)40)26-17-21(8-10-34-26)38-13-15-42-30-19-36-25(18-28(30)38)23-16-20(32)6-7-24(23)33/h2-8,10,16-19,27,39-40H,9,11-15H2,1H3,(H,35,41). The van der Waals surface area contributed by atoms with Gasteiger partial charge in [-0.2, -0.15) is 0 Å².